The maximum absolute atomic E-state index is 12.2. The molecule has 0 spiro atoms. The predicted octanol–water partition coefficient (Wildman–Crippen LogP) is 4.61. The number of carbonyl (C=O) groups excluding carboxylic acids is 1. The second-order valence-electron chi connectivity index (χ2n) is 4.15. The summed E-state index contributed by atoms with van der Waals surface area (Å²) in [6.45, 7) is 2.49. The SMILES string of the molecule is CCCOc1c(Cl)cc(C(=O)Nc2nnc(SC)s2)cc1Cl. The zero-order chi connectivity index (χ0) is 16.1. The molecule has 0 saturated carbocycles. The van der Waals surface area contributed by atoms with Gasteiger partial charge in [-0.3, -0.25) is 10.1 Å². The van der Waals surface area contributed by atoms with Crippen LogP contribution in [0.5, 0.6) is 5.75 Å². The van der Waals surface area contributed by atoms with Crippen LogP contribution in [0.15, 0.2) is 16.5 Å². The highest BCUT2D eigenvalue weighted by Crippen LogP contribution is 2.34. The Kier molecular flexibility index (Phi) is 6.31. The number of aromatic nitrogens is 2. The second kappa shape index (κ2) is 8.01. The summed E-state index contributed by atoms with van der Waals surface area (Å²) in [4.78, 5) is 12.2. The molecule has 0 fully saturated rings. The van der Waals surface area contributed by atoms with Gasteiger partial charge in [0.1, 0.15) is 0 Å². The standard InChI is InChI=1S/C13H13Cl2N3O2S2/c1-3-4-20-10-8(14)5-7(6-9(10)15)11(19)16-12-17-18-13(21-2)22-12/h5-6H,3-4H2,1-2H3,(H,16,17,19). The molecule has 1 amide bonds. The first-order valence-electron chi connectivity index (χ1n) is 6.35. The van der Waals surface area contributed by atoms with Crippen molar-refractivity contribution in [1.29, 1.82) is 0 Å². The van der Waals surface area contributed by atoms with E-state index in [0.29, 0.717) is 33.1 Å². The van der Waals surface area contributed by atoms with Crippen molar-refractivity contribution in [2.45, 2.75) is 17.7 Å². The molecule has 0 unspecified atom stereocenters. The van der Waals surface area contributed by atoms with E-state index >= 15 is 0 Å². The molecule has 0 saturated heterocycles. The summed E-state index contributed by atoms with van der Waals surface area (Å²) in [5.74, 6) is 0.0389. The summed E-state index contributed by atoms with van der Waals surface area (Å²) < 4.78 is 6.24. The van der Waals surface area contributed by atoms with Crippen molar-refractivity contribution in [2.75, 3.05) is 18.2 Å². The minimum atomic E-state index is -0.352. The zero-order valence-corrected chi connectivity index (χ0v) is 15.0. The van der Waals surface area contributed by atoms with Gasteiger partial charge < -0.3 is 4.74 Å². The fourth-order valence-electron chi connectivity index (χ4n) is 1.55. The van der Waals surface area contributed by atoms with E-state index in [2.05, 4.69) is 15.5 Å². The number of hydrogen-bond acceptors (Lipinski definition) is 6. The van der Waals surface area contributed by atoms with Gasteiger partial charge in [0.25, 0.3) is 5.91 Å². The van der Waals surface area contributed by atoms with Crippen LogP contribution in [-0.2, 0) is 0 Å². The summed E-state index contributed by atoms with van der Waals surface area (Å²) in [5.41, 5.74) is 0.333. The van der Waals surface area contributed by atoms with Crippen LogP contribution < -0.4 is 10.1 Å². The Morgan fingerprint density at radius 1 is 1.36 bits per heavy atom. The second-order valence-corrected chi connectivity index (χ2v) is 6.99. The van der Waals surface area contributed by atoms with Crippen LogP contribution in [0.25, 0.3) is 0 Å². The molecule has 22 heavy (non-hydrogen) atoms. The largest absolute Gasteiger partial charge is 0.490 e. The van der Waals surface area contributed by atoms with Crippen molar-refractivity contribution >= 4 is 57.3 Å². The number of anilines is 1. The van der Waals surface area contributed by atoms with Gasteiger partial charge in [-0.15, -0.1) is 10.2 Å². The minimum absolute atomic E-state index is 0.299. The van der Waals surface area contributed by atoms with Crippen LogP contribution in [0.2, 0.25) is 10.0 Å². The van der Waals surface area contributed by atoms with E-state index in [1.165, 1.54) is 35.2 Å². The van der Waals surface area contributed by atoms with Gasteiger partial charge >= 0.3 is 0 Å². The van der Waals surface area contributed by atoms with Gasteiger partial charge in [0.15, 0.2) is 10.1 Å². The van der Waals surface area contributed by atoms with E-state index in [9.17, 15) is 4.79 Å². The molecule has 1 aromatic carbocycles. The van der Waals surface area contributed by atoms with Crippen molar-refractivity contribution < 1.29 is 9.53 Å². The highest BCUT2D eigenvalue weighted by molar-refractivity contribution is 8.00. The highest BCUT2D eigenvalue weighted by Gasteiger charge is 2.15. The van der Waals surface area contributed by atoms with E-state index in [1.54, 1.807) is 0 Å². The lowest BCUT2D eigenvalue weighted by molar-refractivity contribution is 0.102. The Morgan fingerprint density at radius 2 is 2.05 bits per heavy atom. The molecule has 0 aliphatic heterocycles. The summed E-state index contributed by atoms with van der Waals surface area (Å²) in [7, 11) is 0. The molecule has 118 valence electrons. The maximum atomic E-state index is 12.2. The normalized spacial score (nSPS) is 10.5. The number of nitrogens with one attached hydrogen (secondary N) is 1. The number of carbonyl (C=O) groups is 1. The molecule has 2 rings (SSSR count). The van der Waals surface area contributed by atoms with E-state index in [-0.39, 0.29) is 5.91 Å². The summed E-state index contributed by atoms with van der Waals surface area (Å²) in [6, 6.07) is 3.04. The minimum Gasteiger partial charge on any atom is -0.490 e. The van der Waals surface area contributed by atoms with Gasteiger partial charge in [-0.1, -0.05) is 53.2 Å². The molecular weight excluding hydrogens is 365 g/mol. The lowest BCUT2D eigenvalue weighted by atomic mass is 10.2. The average molecular weight is 378 g/mol. The molecule has 9 heteroatoms. The van der Waals surface area contributed by atoms with Crippen molar-refractivity contribution in [3.05, 3.63) is 27.7 Å². The summed E-state index contributed by atoms with van der Waals surface area (Å²) in [6.07, 6.45) is 2.73. The topological polar surface area (TPSA) is 64.1 Å². The molecule has 1 N–H and O–H groups in total. The number of ether oxygens (including phenoxy) is 1. The highest BCUT2D eigenvalue weighted by atomic mass is 35.5. The summed E-state index contributed by atoms with van der Waals surface area (Å²) >= 11 is 15.0. The van der Waals surface area contributed by atoms with E-state index < -0.39 is 0 Å². The Morgan fingerprint density at radius 3 is 2.59 bits per heavy atom. The third-order valence-electron chi connectivity index (χ3n) is 2.51. The lowest BCUT2D eigenvalue weighted by Gasteiger charge is -2.10. The number of halogens is 2. The maximum Gasteiger partial charge on any atom is 0.257 e. The van der Waals surface area contributed by atoms with Crippen LogP contribution >= 0.6 is 46.3 Å². The molecule has 5 nitrogen and oxygen atoms in total. The Balaban J connectivity index is 2.16. The third kappa shape index (κ3) is 4.25. The fourth-order valence-corrected chi connectivity index (χ4v) is 3.31. The molecule has 0 radical (unpaired) electrons. The van der Waals surface area contributed by atoms with Crippen molar-refractivity contribution in [3.63, 3.8) is 0 Å². The average Bonchev–Trinajstić information content (AvgIpc) is 2.94. The number of nitrogens with zero attached hydrogens (tertiary/aromatic N) is 2. The molecule has 0 bridgehead atoms. The van der Waals surface area contributed by atoms with Crippen molar-refractivity contribution in [3.8, 4) is 5.75 Å². The van der Waals surface area contributed by atoms with Gasteiger partial charge in [0.05, 0.1) is 16.7 Å². The van der Waals surface area contributed by atoms with Gasteiger partial charge in [-0.25, -0.2) is 0 Å². The van der Waals surface area contributed by atoms with Gasteiger partial charge in [0.2, 0.25) is 5.13 Å². The van der Waals surface area contributed by atoms with Gasteiger partial charge in [0, 0.05) is 5.56 Å². The first-order valence-corrected chi connectivity index (χ1v) is 9.15. The number of hydrogen-bond donors (Lipinski definition) is 1. The van der Waals surface area contributed by atoms with Crippen LogP contribution in [-0.4, -0.2) is 29.0 Å². The summed E-state index contributed by atoms with van der Waals surface area (Å²) in [5, 5.41) is 11.5. The van der Waals surface area contributed by atoms with Gasteiger partial charge in [-0.2, -0.15) is 0 Å². The first-order chi connectivity index (χ1) is 10.5. The van der Waals surface area contributed by atoms with Crippen LogP contribution in [0.3, 0.4) is 0 Å². The lowest BCUT2D eigenvalue weighted by Crippen LogP contribution is -2.12. The smallest absolute Gasteiger partial charge is 0.257 e. The molecule has 1 aromatic heterocycles. The van der Waals surface area contributed by atoms with E-state index in [4.69, 9.17) is 27.9 Å². The number of amides is 1. The predicted molar refractivity (Wildman–Crippen MR) is 91.9 cm³/mol. The molecular formula is C13H13Cl2N3O2S2. The van der Waals surface area contributed by atoms with Crippen molar-refractivity contribution in [1.82, 2.24) is 10.2 Å². The number of rotatable bonds is 6. The third-order valence-corrected chi connectivity index (χ3v) is 4.89. The molecule has 0 atom stereocenters. The van der Waals surface area contributed by atoms with Crippen molar-refractivity contribution in [2.24, 2.45) is 0 Å². The quantitative estimate of drug-likeness (QED) is 0.588. The molecule has 0 aliphatic carbocycles. The van der Waals surface area contributed by atoms with E-state index in [1.807, 2.05) is 13.2 Å². The fraction of sp³-hybridized carbons (Fsp3) is 0.308. The van der Waals surface area contributed by atoms with Crippen LogP contribution in [0.4, 0.5) is 5.13 Å². The Labute approximate surface area is 146 Å². The molecule has 1 heterocycles. The van der Waals surface area contributed by atoms with Gasteiger partial charge in [-0.05, 0) is 24.8 Å². The van der Waals surface area contributed by atoms with Crippen LogP contribution in [0, 0.1) is 0 Å². The molecule has 2 aromatic rings. The van der Waals surface area contributed by atoms with Crippen LogP contribution in [0.1, 0.15) is 23.7 Å². The number of thioether (sulfide) groups is 1. The molecule has 0 aliphatic rings. The number of benzene rings is 1. The zero-order valence-electron chi connectivity index (χ0n) is 11.9. The Hall–Kier alpha value is -1.02. The van der Waals surface area contributed by atoms with E-state index in [0.717, 1.165) is 10.8 Å². The Bertz CT molecular complexity index is 656. The monoisotopic (exact) mass is 377 g/mol. The first kappa shape index (κ1) is 17.3.